The van der Waals surface area contributed by atoms with E-state index in [2.05, 4.69) is 34.7 Å². The quantitative estimate of drug-likeness (QED) is 0.454. The maximum atomic E-state index is 8.75. The van der Waals surface area contributed by atoms with Crippen LogP contribution in [0, 0.1) is 0 Å². The third-order valence-electron chi connectivity index (χ3n) is 1.91. The van der Waals surface area contributed by atoms with E-state index >= 15 is 0 Å². The summed E-state index contributed by atoms with van der Waals surface area (Å²) in [5, 5.41) is 8.75. The summed E-state index contributed by atoms with van der Waals surface area (Å²) in [6, 6.07) is 0. The summed E-state index contributed by atoms with van der Waals surface area (Å²) >= 11 is 2.44. The van der Waals surface area contributed by atoms with Crippen molar-refractivity contribution < 1.29 is 5.11 Å². The van der Waals surface area contributed by atoms with Gasteiger partial charge in [-0.25, -0.2) is 0 Å². The molecule has 1 rings (SSSR count). The summed E-state index contributed by atoms with van der Waals surface area (Å²) in [6.45, 7) is 0.313. The Balaban J connectivity index is 2.48. The number of hydrogen-bond acceptors (Lipinski definition) is 1. The van der Waals surface area contributed by atoms with Crippen molar-refractivity contribution in [2.24, 2.45) is 0 Å². The van der Waals surface area contributed by atoms with Gasteiger partial charge in [-0.15, -0.1) is 0 Å². The van der Waals surface area contributed by atoms with Crippen LogP contribution < -0.4 is 0 Å². The molecule has 0 saturated heterocycles. The average Bonchev–Trinajstić information content (AvgIpc) is 1.89. The Morgan fingerprint density at radius 2 is 2.40 bits per heavy atom. The Kier molecular flexibility index (Phi) is 3.17. The van der Waals surface area contributed by atoms with E-state index in [1.165, 1.54) is 19.3 Å². The van der Waals surface area contributed by atoms with Crippen molar-refractivity contribution in [3.63, 3.8) is 0 Å². The smallest absolute Gasteiger partial charge is 0.0446 e. The standard InChI is InChI=1S/C8H13IO/c9-8(6-7-10)4-2-1-3-5-8/h2,4,10H,1,3,5-7H2. The summed E-state index contributed by atoms with van der Waals surface area (Å²) in [5.41, 5.74) is 0. The second-order valence-electron chi connectivity index (χ2n) is 2.80. The van der Waals surface area contributed by atoms with Crippen LogP contribution in [0.2, 0.25) is 0 Å². The second-order valence-corrected chi connectivity index (χ2v) is 4.95. The maximum Gasteiger partial charge on any atom is 0.0446 e. The lowest BCUT2D eigenvalue weighted by Crippen LogP contribution is -2.20. The number of halogens is 1. The van der Waals surface area contributed by atoms with Gasteiger partial charge in [-0.1, -0.05) is 34.7 Å². The largest absolute Gasteiger partial charge is 0.396 e. The fraction of sp³-hybridized carbons (Fsp3) is 0.750. The van der Waals surface area contributed by atoms with Gasteiger partial charge in [0, 0.05) is 10.0 Å². The molecular weight excluding hydrogens is 239 g/mol. The van der Waals surface area contributed by atoms with Crippen LogP contribution in [0.25, 0.3) is 0 Å². The van der Waals surface area contributed by atoms with E-state index in [0.29, 0.717) is 6.61 Å². The van der Waals surface area contributed by atoms with Crippen molar-refractivity contribution in [3.8, 4) is 0 Å². The van der Waals surface area contributed by atoms with Crippen molar-refractivity contribution in [1.29, 1.82) is 0 Å². The highest BCUT2D eigenvalue weighted by atomic mass is 127. The topological polar surface area (TPSA) is 20.2 Å². The Morgan fingerprint density at radius 3 is 2.90 bits per heavy atom. The normalized spacial score (nSPS) is 32.6. The molecule has 58 valence electrons. The van der Waals surface area contributed by atoms with Crippen LogP contribution in [0.4, 0.5) is 0 Å². The minimum Gasteiger partial charge on any atom is -0.396 e. The van der Waals surface area contributed by atoms with E-state index in [4.69, 9.17) is 5.11 Å². The molecule has 1 aliphatic rings. The number of aliphatic hydroxyl groups is 1. The molecule has 0 amide bonds. The van der Waals surface area contributed by atoms with E-state index in [1.54, 1.807) is 0 Å². The van der Waals surface area contributed by atoms with Crippen LogP contribution in [0.3, 0.4) is 0 Å². The van der Waals surface area contributed by atoms with E-state index in [0.717, 1.165) is 6.42 Å². The van der Waals surface area contributed by atoms with Crippen LogP contribution in [0.1, 0.15) is 25.7 Å². The van der Waals surface area contributed by atoms with Crippen LogP contribution >= 0.6 is 22.6 Å². The van der Waals surface area contributed by atoms with Crippen LogP contribution in [0.15, 0.2) is 12.2 Å². The van der Waals surface area contributed by atoms with E-state index in [-0.39, 0.29) is 3.42 Å². The Morgan fingerprint density at radius 1 is 1.60 bits per heavy atom. The number of alkyl halides is 1. The third kappa shape index (κ3) is 2.23. The molecule has 1 nitrogen and oxygen atoms in total. The Labute approximate surface area is 75.7 Å². The molecule has 2 heteroatoms. The van der Waals surface area contributed by atoms with Gasteiger partial charge in [-0.2, -0.15) is 0 Å². The van der Waals surface area contributed by atoms with E-state index in [1.807, 2.05) is 0 Å². The maximum absolute atomic E-state index is 8.75. The first kappa shape index (κ1) is 8.53. The molecule has 0 bridgehead atoms. The summed E-state index contributed by atoms with van der Waals surface area (Å²) in [5.74, 6) is 0. The summed E-state index contributed by atoms with van der Waals surface area (Å²) in [6.07, 6.45) is 9.10. The first-order chi connectivity index (χ1) is 4.77. The fourth-order valence-electron chi connectivity index (χ4n) is 1.29. The van der Waals surface area contributed by atoms with Gasteiger partial charge in [0.05, 0.1) is 0 Å². The molecule has 1 aliphatic carbocycles. The van der Waals surface area contributed by atoms with Crippen molar-refractivity contribution in [2.45, 2.75) is 29.1 Å². The Bertz CT molecular complexity index is 133. The highest BCUT2D eigenvalue weighted by Crippen LogP contribution is 2.34. The second kappa shape index (κ2) is 3.72. The molecule has 0 spiro atoms. The predicted octanol–water partition coefficient (Wildman–Crippen LogP) is 2.28. The Hall–Kier alpha value is 0.430. The van der Waals surface area contributed by atoms with Gasteiger partial charge in [-0.05, 0) is 25.7 Å². The lowest BCUT2D eigenvalue weighted by atomic mass is 9.93. The molecule has 0 saturated carbocycles. The number of rotatable bonds is 2. The van der Waals surface area contributed by atoms with Gasteiger partial charge >= 0.3 is 0 Å². The SMILES string of the molecule is OCCC1(I)C=CCCC1. The van der Waals surface area contributed by atoms with Crippen molar-refractivity contribution >= 4 is 22.6 Å². The highest BCUT2D eigenvalue weighted by molar-refractivity contribution is 14.1. The summed E-state index contributed by atoms with van der Waals surface area (Å²) in [4.78, 5) is 0. The average molecular weight is 252 g/mol. The molecule has 0 aromatic heterocycles. The molecule has 0 heterocycles. The molecule has 1 N–H and O–H groups in total. The zero-order valence-electron chi connectivity index (χ0n) is 6.02. The highest BCUT2D eigenvalue weighted by Gasteiger charge is 2.23. The van der Waals surface area contributed by atoms with Crippen LogP contribution in [-0.2, 0) is 0 Å². The van der Waals surface area contributed by atoms with Gasteiger partial charge in [-0.3, -0.25) is 0 Å². The van der Waals surface area contributed by atoms with Crippen molar-refractivity contribution in [2.75, 3.05) is 6.61 Å². The summed E-state index contributed by atoms with van der Waals surface area (Å²) < 4.78 is 0.269. The number of allylic oxidation sites excluding steroid dienone is 2. The van der Waals surface area contributed by atoms with Crippen molar-refractivity contribution in [1.82, 2.24) is 0 Å². The van der Waals surface area contributed by atoms with Gasteiger partial charge in [0.25, 0.3) is 0 Å². The predicted molar refractivity (Wildman–Crippen MR) is 51.4 cm³/mol. The molecule has 1 unspecified atom stereocenters. The molecule has 10 heavy (non-hydrogen) atoms. The van der Waals surface area contributed by atoms with Crippen LogP contribution in [0.5, 0.6) is 0 Å². The van der Waals surface area contributed by atoms with Gasteiger partial charge in [0.1, 0.15) is 0 Å². The van der Waals surface area contributed by atoms with Gasteiger partial charge < -0.3 is 5.11 Å². The fourth-order valence-corrected chi connectivity index (χ4v) is 2.16. The molecule has 1 atom stereocenters. The lowest BCUT2D eigenvalue weighted by molar-refractivity contribution is 0.275. The molecule has 0 radical (unpaired) electrons. The lowest BCUT2D eigenvalue weighted by Gasteiger charge is -2.25. The molecule has 0 fully saturated rings. The first-order valence-electron chi connectivity index (χ1n) is 3.74. The molecule has 0 aromatic carbocycles. The molecule has 0 aliphatic heterocycles. The van der Waals surface area contributed by atoms with Gasteiger partial charge in [0.15, 0.2) is 0 Å². The van der Waals surface area contributed by atoms with E-state index in [9.17, 15) is 0 Å². The number of aliphatic hydroxyl groups excluding tert-OH is 1. The minimum absolute atomic E-state index is 0.269. The third-order valence-corrected chi connectivity index (χ3v) is 3.35. The monoisotopic (exact) mass is 252 g/mol. The zero-order chi connectivity index (χ0) is 7.45. The van der Waals surface area contributed by atoms with E-state index < -0.39 is 0 Å². The summed E-state index contributed by atoms with van der Waals surface area (Å²) in [7, 11) is 0. The minimum atomic E-state index is 0.269. The molecule has 0 aromatic rings. The zero-order valence-corrected chi connectivity index (χ0v) is 8.17. The van der Waals surface area contributed by atoms with Crippen LogP contribution in [-0.4, -0.2) is 15.1 Å². The van der Waals surface area contributed by atoms with Gasteiger partial charge in [0.2, 0.25) is 0 Å². The number of hydrogen-bond donors (Lipinski definition) is 1. The van der Waals surface area contributed by atoms with Crippen molar-refractivity contribution in [3.05, 3.63) is 12.2 Å². The molecular formula is C8H13IO. The first-order valence-corrected chi connectivity index (χ1v) is 4.82.